The Labute approximate surface area is 104 Å². The SMILES string of the molecule is NCc1ccc(C(O)c2cc(F)ccc2F)cc1. The number of aliphatic hydroxyl groups is 1. The molecule has 0 bridgehead atoms. The van der Waals surface area contributed by atoms with Crippen LogP contribution in [0.3, 0.4) is 0 Å². The molecule has 0 aliphatic heterocycles. The molecule has 94 valence electrons. The van der Waals surface area contributed by atoms with Crippen LogP contribution in [0, 0.1) is 11.6 Å². The third-order valence-electron chi connectivity index (χ3n) is 2.78. The summed E-state index contributed by atoms with van der Waals surface area (Å²) in [7, 11) is 0. The molecule has 0 fully saturated rings. The van der Waals surface area contributed by atoms with Gasteiger partial charge in [0.05, 0.1) is 0 Å². The van der Waals surface area contributed by atoms with E-state index in [0.29, 0.717) is 12.1 Å². The molecule has 1 atom stereocenters. The van der Waals surface area contributed by atoms with E-state index >= 15 is 0 Å². The predicted octanol–water partition coefficient (Wildman–Crippen LogP) is 2.51. The van der Waals surface area contributed by atoms with Crippen molar-refractivity contribution in [1.29, 1.82) is 0 Å². The first-order valence-electron chi connectivity index (χ1n) is 5.53. The molecular weight excluding hydrogens is 236 g/mol. The van der Waals surface area contributed by atoms with Crippen LogP contribution in [-0.2, 0) is 6.54 Å². The van der Waals surface area contributed by atoms with Crippen LogP contribution in [0.4, 0.5) is 8.78 Å². The molecule has 2 rings (SSSR count). The molecule has 4 heteroatoms. The highest BCUT2D eigenvalue weighted by Gasteiger charge is 2.15. The van der Waals surface area contributed by atoms with Crippen molar-refractivity contribution in [2.24, 2.45) is 5.73 Å². The lowest BCUT2D eigenvalue weighted by atomic mass is 10.00. The Morgan fingerprint density at radius 1 is 1.06 bits per heavy atom. The molecule has 0 aliphatic rings. The number of halogens is 2. The van der Waals surface area contributed by atoms with Crippen molar-refractivity contribution in [1.82, 2.24) is 0 Å². The van der Waals surface area contributed by atoms with E-state index in [9.17, 15) is 13.9 Å². The lowest BCUT2D eigenvalue weighted by Crippen LogP contribution is -2.04. The summed E-state index contributed by atoms with van der Waals surface area (Å²) in [4.78, 5) is 0. The minimum atomic E-state index is -1.19. The second-order valence-electron chi connectivity index (χ2n) is 4.01. The Kier molecular flexibility index (Phi) is 3.69. The Bertz CT molecular complexity index is 540. The lowest BCUT2D eigenvalue weighted by Gasteiger charge is -2.13. The number of rotatable bonds is 3. The molecule has 3 N–H and O–H groups in total. The van der Waals surface area contributed by atoms with Crippen molar-refractivity contribution in [3.05, 3.63) is 70.8 Å². The smallest absolute Gasteiger partial charge is 0.129 e. The summed E-state index contributed by atoms with van der Waals surface area (Å²) < 4.78 is 26.6. The molecule has 2 nitrogen and oxygen atoms in total. The monoisotopic (exact) mass is 249 g/mol. The van der Waals surface area contributed by atoms with Gasteiger partial charge in [-0.3, -0.25) is 0 Å². The molecule has 0 amide bonds. The van der Waals surface area contributed by atoms with E-state index in [1.807, 2.05) is 0 Å². The molecular formula is C14H13F2NO. The predicted molar refractivity (Wildman–Crippen MR) is 64.8 cm³/mol. The second kappa shape index (κ2) is 5.25. The van der Waals surface area contributed by atoms with Crippen molar-refractivity contribution in [2.45, 2.75) is 12.6 Å². The maximum atomic E-state index is 13.5. The van der Waals surface area contributed by atoms with Gasteiger partial charge in [0.1, 0.15) is 17.7 Å². The van der Waals surface area contributed by atoms with Gasteiger partial charge >= 0.3 is 0 Å². The van der Waals surface area contributed by atoms with Gasteiger partial charge in [-0.05, 0) is 29.3 Å². The van der Waals surface area contributed by atoms with Gasteiger partial charge in [0.15, 0.2) is 0 Å². The summed E-state index contributed by atoms with van der Waals surface area (Å²) in [6.45, 7) is 0.394. The maximum absolute atomic E-state index is 13.5. The van der Waals surface area contributed by atoms with Crippen molar-refractivity contribution < 1.29 is 13.9 Å². The summed E-state index contributed by atoms with van der Waals surface area (Å²) in [5.74, 6) is -1.21. The maximum Gasteiger partial charge on any atom is 0.129 e. The normalized spacial score (nSPS) is 12.4. The van der Waals surface area contributed by atoms with Gasteiger partial charge in [-0.15, -0.1) is 0 Å². The minimum absolute atomic E-state index is 0.0736. The van der Waals surface area contributed by atoms with Crippen LogP contribution in [0.1, 0.15) is 22.8 Å². The highest BCUT2D eigenvalue weighted by Crippen LogP contribution is 2.25. The Hall–Kier alpha value is -1.78. The number of nitrogens with two attached hydrogens (primary N) is 1. The zero-order chi connectivity index (χ0) is 13.1. The van der Waals surface area contributed by atoms with Gasteiger partial charge in [-0.1, -0.05) is 24.3 Å². The summed E-state index contributed by atoms with van der Waals surface area (Å²) in [6, 6.07) is 9.81. The molecule has 0 spiro atoms. The zero-order valence-corrected chi connectivity index (χ0v) is 9.61. The van der Waals surface area contributed by atoms with Crippen molar-refractivity contribution in [3.63, 3.8) is 0 Å². The molecule has 0 saturated heterocycles. The number of aliphatic hydroxyl groups excluding tert-OH is 1. The van der Waals surface area contributed by atoms with Gasteiger partial charge in [-0.25, -0.2) is 8.78 Å². The highest BCUT2D eigenvalue weighted by molar-refractivity contribution is 5.32. The van der Waals surface area contributed by atoms with E-state index in [0.717, 1.165) is 23.8 Å². The third kappa shape index (κ3) is 2.55. The van der Waals surface area contributed by atoms with Crippen LogP contribution in [-0.4, -0.2) is 5.11 Å². The van der Waals surface area contributed by atoms with Crippen LogP contribution >= 0.6 is 0 Å². The minimum Gasteiger partial charge on any atom is -0.384 e. The van der Waals surface area contributed by atoms with E-state index in [-0.39, 0.29) is 5.56 Å². The van der Waals surface area contributed by atoms with Crippen LogP contribution in [0.2, 0.25) is 0 Å². The number of benzene rings is 2. The van der Waals surface area contributed by atoms with Crippen LogP contribution in [0.25, 0.3) is 0 Å². The average Bonchev–Trinajstić information content (AvgIpc) is 2.41. The summed E-state index contributed by atoms with van der Waals surface area (Å²) >= 11 is 0. The quantitative estimate of drug-likeness (QED) is 0.878. The van der Waals surface area contributed by atoms with Gasteiger partial charge in [0.2, 0.25) is 0 Å². The summed E-state index contributed by atoms with van der Waals surface area (Å²) in [6.07, 6.45) is -1.19. The van der Waals surface area contributed by atoms with E-state index in [1.54, 1.807) is 24.3 Å². The van der Waals surface area contributed by atoms with Gasteiger partial charge in [-0.2, -0.15) is 0 Å². The second-order valence-corrected chi connectivity index (χ2v) is 4.01. The average molecular weight is 249 g/mol. The molecule has 2 aromatic rings. The fourth-order valence-corrected chi connectivity index (χ4v) is 1.74. The van der Waals surface area contributed by atoms with Crippen molar-refractivity contribution in [2.75, 3.05) is 0 Å². The zero-order valence-electron chi connectivity index (χ0n) is 9.61. The van der Waals surface area contributed by atoms with E-state index in [4.69, 9.17) is 5.73 Å². The lowest BCUT2D eigenvalue weighted by molar-refractivity contribution is 0.214. The Balaban J connectivity index is 2.34. The van der Waals surface area contributed by atoms with E-state index in [1.165, 1.54) is 0 Å². The molecule has 0 aromatic heterocycles. The largest absolute Gasteiger partial charge is 0.384 e. The number of hydrogen-bond donors (Lipinski definition) is 2. The van der Waals surface area contributed by atoms with E-state index in [2.05, 4.69) is 0 Å². The van der Waals surface area contributed by atoms with Gasteiger partial charge in [0, 0.05) is 12.1 Å². The third-order valence-corrected chi connectivity index (χ3v) is 2.78. The molecule has 0 heterocycles. The summed E-state index contributed by atoms with van der Waals surface area (Å²) in [5, 5.41) is 10.0. The first kappa shape index (κ1) is 12.7. The van der Waals surface area contributed by atoms with Gasteiger partial charge in [0.25, 0.3) is 0 Å². The fourth-order valence-electron chi connectivity index (χ4n) is 1.74. The molecule has 0 radical (unpaired) electrons. The molecule has 2 aromatic carbocycles. The van der Waals surface area contributed by atoms with Gasteiger partial charge < -0.3 is 10.8 Å². The van der Waals surface area contributed by atoms with Crippen LogP contribution in [0.15, 0.2) is 42.5 Å². The first-order valence-corrected chi connectivity index (χ1v) is 5.53. The van der Waals surface area contributed by atoms with Crippen molar-refractivity contribution >= 4 is 0 Å². The molecule has 0 saturated carbocycles. The molecule has 1 unspecified atom stereocenters. The highest BCUT2D eigenvalue weighted by atomic mass is 19.1. The molecule has 18 heavy (non-hydrogen) atoms. The summed E-state index contributed by atoms with van der Waals surface area (Å²) in [5.41, 5.74) is 6.79. The van der Waals surface area contributed by atoms with E-state index < -0.39 is 17.7 Å². The Morgan fingerprint density at radius 2 is 1.72 bits per heavy atom. The fraction of sp³-hybridized carbons (Fsp3) is 0.143. The first-order chi connectivity index (χ1) is 8.61. The standard InChI is InChI=1S/C14H13F2NO/c15-11-5-6-13(16)12(7-11)14(18)10-3-1-9(8-17)2-4-10/h1-7,14,18H,8,17H2. The number of hydrogen-bond acceptors (Lipinski definition) is 2. The van der Waals surface area contributed by atoms with Crippen LogP contribution in [0.5, 0.6) is 0 Å². The van der Waals surface area contributed by atoms with Crippen LogP contribution < -0.4 is 5.73 Å². The topological polar surface area (TPSA) is 46.2 Å². The Morgan fingerprint density at radius 3 is 2.33 bits per heavy atom. The molecule has 0 aliphatic carbocycles. The van der Waals surface area contributed by atoms with Crippen molar-refractivity contribution in [3.8, 4) is 0 Å².